The molecule has 0 heterocycles. The van der Waals surface area contributed by atoms with Gasteiger partial charge in [0.15, 0.2) is 0 Å². The SMILES string of the molecule is CC(=O)NS(=O)(=O)c1ccc(S(=O)(=O)Cl)cc1. The molecule has 0 unspecified atom stereocenters. The van der Waals surface area contributed by atoms with Crippen molar-refractivity contribution in [3.05, 3.63) is 24.3 Å². The minimum absolute atomic E-state index is 0.221. The van der Waals surface area contributed by atoms with Crippen molar-refractivity contribution in [2.45, 2.75) is 16.7 Å². The van der Waals surface area contributed by atoms with Gasteiger partial charge in [-0.05, 0) is 24.3 Å². The smallest absolute Gasteiger partial charge is 0.264 e. The molecule has 17 heavy (non-hydrogen) atoms. The number of hydrogen-bond donors (Lipinski definition) is 1. The number of amides is 1. The van der Waals surface area contributed by atoms with E-state index in [0.29, 0.717) is 0 Å². The van der Waals surface area contributed by atoms with Crippen LogP contribution in [0.15, 0.2) is 34.1 Å². The monoisotopic (exact) mass is 297 g/mol. The lowest BCUT2D eigenvalue weighted by Gasteiger charge is -2.04. The summed E-state index contributed by atoms with van der Waals surface area (Å²) in [6, 6.07) is 4.16. The third-order valence-electron chi connectivity index (χ3n) is 1.69. The fourth-order valence-corrected chi connectivity index (χ4v) is 2.79. The summed E-state index contributed by atoms with van der Waals surface area (Å²) < 4.78 is 46.6. The van der Waals surface area contributed by atoms with Crippen LogP contribution in [0.4, 0.5) is 0 Å². The Morgan fingerprint density at radius 3 is 1.82 bits per heavy atom. The van der Waals surface area contributed by atoms with Crippen molar-refractivity contribution in [1.82, 2.24) is 4.72 Å². The second-order valence-electron chi connectivity index (χ2n) is 3.07. The summed E-state index contributed by atoms with van der Waals surface area (Å²) in [7, 11) is -2.79. The summed E-state index contributed by atoms with van der Waals surface area (Å²) in [4.78, 5) is 10.2. The Morgan fingerprint density at radius 1 is 1.06 bits per heavy atom. The number of benzene rings is 1. The highest BCUT2D eigenvalue weighted by atomic mass is 35.7. The van der Waals surface area contributed by atoms with E-state index in [9.17, 15) is 21.6 Å². The predicted molar refractivity (Wildman–Crippen MR) is 60.5 cm³/mol. The Kier molecular flexibility index (Phi) is 3.80. The number of halogens is 1. The van der Waals surface area contributed by atoms with E-state index >= 15 is 0 Å². The molecular formula is C8H8ClNO5S2. The molecule has 9 heteroatoms. The van der Waals surface area contributed by atoms with Crippen LogP contribution >= 0.6 is 10.7 Å². The van der Waals surface area contributed by atoms with Crippen LogP contribution in [0.2, 0.25) is 0 Å². The fourth-order valence-electron chi connectivity index (χ4n) is 1.03. The predicted octanol–water partition coefficient (Wildman–Crippen LogP) is 0.439. The number of carbonyl (C=O) groups is 1. The van der Waals surface area contributed by atoms with Gasteiger partial charge in [-0.1, -0.05) is 0 Å². The van der Waals surface area contributed by atoms with Crippen LogP contribution in [-0.4, -0.2) is 22.7 Å². The molecule has 1 amide bonds. The molecule has 0 saturated heterocycles. The van der Waals surface area contributed by atoms with Crippen LogP contribution in [0.3, 0.4) is 0 Å². The third-order valence-corrected chi connectivity index (χ3v) is 4.51. The van der Waals surface area contributed by atoms with E-state index in [1.165, 1.54) is 0 Å². The van der Waals surface area contributed by atoms with Gasteiger partial charge in [0.05, 0.1) is 9.79 Å². The Bertz CT molecular complexity index is 633. The van der Waals surface area contributed by atoms with Gasteiger partial charge in [0.1, 0.15) is 0 Å². The van der Waals surface area contributed by atoms with Gasteiger partial charge in [0.2, 0.25) is 5.91 Å². The Labute approximate surface area is 103 Å². The number of carbonyl (C=O) groups excluding carboxylic acids is 1. The number of sulfonamides is 1. The van der Waals surface area contributed by atoms with Gasteiger partial charge in [0, 0.05) is 17.6 Å². The van der Waals surface area contributed by atoms with Crippen molar-refractivity contribution in [2.24, 2.45) is 0 Å². The summed E-state index contributed by atoms with van der Waals surface area (Å²) in [5.74, 6) is -0.737. The number of nitrogens with one attached hydrogen (secondary N) is 1. The van der Waals surface area contributed by atoms with E-state index in [4.69, 9.17) is 10.7 Å². The molecule has 1 rings (SSSR count). The van der Waals surface area contributed by atoms with E-state index in [-0.39, 0.29) is 9.79 Å². The molecule has 94 valence electrons. The molecule has 0 aliphatic rings. The zero-order valence-electron chi connectivity index (χ0n) is 8.55. The first-order valence-electron chi connectivity index (χ1n) is 4.21. The van der Waals surface area contributed by atoms with Gasteiger partial charge < -0.3 is 0 Å². The maximum Gasteiger partial charge on any atom is 0.264 e. The standard InChI is InChI=1S/C8H8ClNO5S2/c1-6(11)10-17(14,15)8-4-2-7(3-5-8)16(9,12)13/h2-5H,1H3,(H,10,11). The molecule has 1 aromatic carbocycles. The van der Waals surface area contributed by atoms with Crippen LogP contribution in [0.5, 0.6) is 0 Å². The van der Waals surface area contributed by atoms with E-state index in [1.807, 2.05) is 0 Å². The molecule has 0 aromatic heterocycles. The summed E-state index contributed by atoms with van der Waals surface area (Å²) in [6.07, 6.45) is 0. The van der Waals surface area contributed by atoms with E-state index in [0.717, 1.165) is 31.2 Å². The molecule has 0 spiro atoms. The Balaban J connectivity index is 3.16. The highest BCUT2D eigenvalue weighted by molar-refractivity contribution is 8.13. The minimum Gasteiger partial charge on any atom is -0.274 e. The molecule has 0 fully saturated rings. The molecule has 0 aliphatic carbocycles. The lowest BCUT2D eigenvalue weighted by molar-refractivity contribution is -0.117. The van der Waals surface area contributed by atoms with Crippen molar-refractivity contribution < 1.29 is 21.6 Å². The fraction of sp³-hybridized carbons (Fsp3) is 0.125. The minimum atomic E-state index is -3.96. The zero-order valence-corrected chi connectivity index (χ0v) is 10.9. The first-order chi connectivity index (χ1) is 7.63. The highest BCUT2D eigenvalue weighted by Crippen LogP contribution is 2.17. The van der Waals surface area contributed by atoms with E-state index in [1.54, 1.807) is 4.72 Å². The molecular weight excluding hydrogens is 290 g/mol. The second-order valence-corrected chi connectivity index (χ2v) is 7.32. The molecule has 1 aromatic rings. The van der Waals surface area contributed by atoms with Gasteiger partial charge in [-0.3, -0.25) is 4.79 Å². The van der Waals surface area contributed by atoms with Crippen molar-refractivity contribution >= 4 is 35.7 Å². The molecule has 0 aliphatic heterocycles. The average molecular weight is 298 g/mol. The van der Waals surface area contributed by atoms with Crippen LogP contribution in [0.1, 0.15) is 6.92 Å². The summed E-state index contributed by atoms with van der Waals surface area (Å²) in [6.45, 7) is 1.05. The lowest BCUT2D eigenvalue weighted by Crippen LogP contribution is -2.28. The summed E-state index contributed by atoms with van der Waals surface area (Å²) in [5, 5.41) is 0. The zero-order chi connectivity index (χ0) is 13.3. The molecule has 0 bridgehead atoms. The maximum atomic E-state index is 11.5. The van der Waals surface area contributed by atoms with Gasteiger partial charge in [-0.15, -0.1) is 0 Å². The second kappa shape index (κ2) is 4.63. The molecule has 0 radical (unpaired) electrons. The van der Waals surface area contributed by atoms with Crippen LogP contribution in [0.25, 0.3) is 0 Å². The maximum absolute atomic E-state index is 11.5. The summed E-state index contributed by atoms with van der Waals surface area (Å²) >= 11 is 0. The average Bonchev–Trinajstić information content (AvgIpc) is 2.14. The first kappa shape index (κ1) is 13.9. The van der Waals surface area contributed by atoms with Gasteiger partial charge in [0.25, 0.3) is 19.1 Å². The number of hydrogen-bond acceptors (Lipinski definition) is 5. The van der Waals surface area contributed by atoms with E-state index in [2.05, 4.69) is 0 Å². The first-order valence-corrected chi connectivity index (χ1v) is 8.00. The molecule has 0 atom stereocenters. The summed E-state index contributed by atoms with van der Waals surface area (Å²) in [5.41, 5.74) is 0. The van der Waals surface area contributed by atoms with Crippen LogP contribution < -0.4 is 4.72 Å². The number of rotatable bonds is 3. The normalized spacial score (nSPS) is 12.1. The van der Waals surface area contributed by atoms with Crippen LogP contribution in [0, 0.1) is 0 Å². The van der Waals surface area contributed by atoms with Gasteiger partial charge in [-0.25, -0.2) is 21.6 Å². The van der Waals surface area contributed by atoms with Gasteiger partial charge in [-0.2, -0.15) is 0 Å². The molecule has 1 N–H and O–H groups in total. The third kappa shape index (κ3) is 3.69. The topological polar surface area (TPSA) is 97.4 Å². The van der Waals surface area contributed by atoms with Crippen molar-refractivity contribution in [2.75, 3.05) is 0 Å². The largest absolute Gasteiger partial charge is 0.274 e. The highest BCUT2D eigenvalue weighted by Gasteiger charge is 2.17. The Hall–Kier alpha value is -1.12. The Morgan fingerprint density at radius 2 is 1.47 bits per heavy atom. The van der Waals surface area contributed by atoms with Crippen molar-refractivity contribution in [3.63, 3.8) is 0 Å². The van der Waals surface area contributed by atoms with Crippen molar-refractivity contribution in [3.8, 4) is 0 Å². The van der Waals surface area contributed by atoms with Crippen LogP contribution in [-0.2, 0) is 23.9 Å². The van der Waals surface area contributed by atoms with E-state index < -0.39 is 25.0 Å². The quantitative estimate of drug-likeness (QED) is 0.816. The molecule has 0 saturated carbocycles. The molecule has 6 nitrogen and oxygen atoms in total. The van der Waals surface area contributed by atoms with Crippen molar-refractivity contribution in [1.29, 1.82) is 0 Å². The van der Waals surface area contributed by atoms with Gasteiger partial charge >= 0.3 is 0 Å². The lowest BCUT2D eigenvalue weighted by atomic mass is 10.4.